The molecule has 0 unspecified atom stereocenters. The van der Waals surface area contributed by atoms with Gasteiger partial charge in [-0.2, -0.15) is 0 Å². The van der Waals surface area contributed by atoms with Crippen molar-refractivity contribution in [3.8, 4) is 0 Å². The van der Waals surface area contributed by atoms with Gasteiger partial charge in [0.05, 0.1) is 10.5 Å². The highest BCUT2D eigenvalue weighted by atomic mass is 127. The van der Waals surface area contributed by atoms with E-state index in [2.05, 4.69) is 60.4 Å². The molecule has 0 spiro atoms. The van der Waals surface area contributed by atoms with Crippen molar-refractivity contribution in [2.75, 3.05) is 6.61 Å². The minimum atomic E-state index is -0.603. The van der Waals surface area contributed by atoms with Crippen LogP contribution in [0.15, 0.2) is 57.2 Å². The fraction of sp³-hybridized carbons (Fsp3) is 0.462. The van der Waals surface area contributed by atoms with Gasteiger partial charge in [-0.1, -0.05) is 59.7 Å². The summed E-state index contributed by atoms with van der Waals surface area (Å²) in [5.74, 6) is -0.394. The number of halogens is 1. The van der Waals surface area contributed by atoms with E-state index in [9.17, 15) is 19.7 Å². The van der Waals surface area contributed by atoms with Crippen molar-refractivity contribution < 1.29 is 19.2 Å². The summed E-state index contributed by atoms with van der Waals surface area (Å²) in [5, 5.41) is 10.8. The first kappa shape index (κ1) is 27.0. The topological polar surface area (TPSA) is 86.5 Å². The number of Topliss-reactive ketones (excluding diaryl/α,β-unsaturated/α-hetero) is 1. The first-order valence-electron chi connectivity index (χ1n) is 11.1. The van der Waals surface area contributed by atoms with Crippen LogP contribution in [0.2, 0.25) is 0 Å². The lowest BCUT2D eigenvalue weighted by atomic mass is 9.67. The highest BCUT2D eigenvalue weighted by Gasteiger charge is 2.36. The molecule has 0 saturated carbocycles. The molecule has 2 atom stereocenters. The lowest BCUT2D eigenvalue weighted by Crippen LogP contribution is -2.32. The van der Waals surface area contributed by atoms with Gasteiger partial charge >= 0.3 is 5.97 Å². The number of nitro benzene ring substituents is 1. The molecule has 1 aliphatic carbocycles. The molecule has 2 rings (SSSR count). The number of benzene rings is 1. The van der Waals surface area contributed by atoms with Gasteiger partial charge in [0.1, 0.15) is 6.61 Å². The Hall–Kier alpha value is -2.29. The Morgan fingerprint density at radius 1 is 1.24 bits per heavy atom. The van der Waals surface area contributed by atoms with Gasteiger partial charge in [-0.25, -0.2) is 4.79 Å². The quantitative estimate of drug-likeness (QED) is 0.0990. The van der Waals surface area contributed by atoms with Crippen molar-refractivity contribution in [3.05, 3.63) is 72.9 Å². The van der Waals surface area contributed by atoms with Crippen LogP contribution in [0.3, 0.4) is 0 Å². The minimum absolute atomic E-state index is 0.00444. The second-order valence-electron chi connectivity index (χ2n) is 9.13. The number of ketones is 1. The van der Waals surface area contributed by atoms with E-state index < -0.39 is 10.9 Å². The van der Waals surface area contributed by atoms with Crippen LogP contribution in [-0.2, 0) is 9.53 Å². The Bertz CT molecular complexity index is 977. The molecular formula is C26H32INO5. The average molecular weight is 565 g/mol. The second kappa shape index (κ2) is 12.3. The Kier molecular flexibility index (Phi) is 10.0. The van der Waals surface area contributed by atoms with E-state index in [0.29, 0.717) is 12.0 Å². The molecule has 33 heavy (non-hydrogen) atoms. The Balaban J connectivity index is 2.01. The predicted molar refractivity (Wildman–Crippen MR) is 138 cm³/mol. The zero-order valence-corrected chi connectivity index (χ0v) is 21.9. The molecule has 0 aromatic heterocycles. The van der Waals surface area contributed by atoms with Gasteiger partial charge in [0, 0.05) is 24.1 Å². The Labute approximate surface area is 209 Å². The van der Waals surface area contributed by atoms with Crippen LogP contribution in [0, 0.1) is 21.4 Å². The normalized spacial score (nSPS) is 21.5. The smallest absolute Gasteiger partial charge is 0.338 e. The van der Waals surface area contributed by atoms with Crippen molar-refractivity contribution in [1.82, 2.24) is 0 Å². The number of non-ortho nitro benzene ring substituents is 1. The van der Waals surface area contributed by atoms with E-state index in [0.717, 1.165) is 25.7 Å². The van der Waals surface area contributed by atoms with Gasteiger partial charge < -0.3 is 4.74 Å². The third-order valence-corrected chi connectivity index (χ3v) is 7.49. The van der Waals surface area contributed by atoms with Crippen LogP contribution < -0.4 is 0 Å². The molecule has 0 radical (unpaired) electrons. The SMILES string of the molecule is C/C(=C\I)CC/C=C(\C)CC[C@@]1(C)C=C(COC(=O)c2ccc([N+](=O)[O-])cc2)C(=O)C[C@H]1C. The molecule has 7 heteroatoms. The first-order chi connectivity index (χ1) is 15.6. The van der Waals surface area contributed by atoms with Crippen LogP contribution in [-0.4, -0.2) is 23.3 Å². The van der Waals surface area contributed by atoms with E-state index in [1.54, 1.807) is 0 Å². The standard InChI is InChI=1S/C26H32INO5/c1-18(6-5-7-19(2)16-27)12-13-26(4)15-22(24(29)14-20(26)3)17-33-25(30)21-8-10-23(11-9-21)28(31)32/h6,8-11,15-16,20H,5,7,12-14,17H2,1-4H3/b18-6+,19-16+/t20-,26+/m1/s1. The number of ether oxygens (including phenoxy) is 1. The first-order valence-corrected chi connectivity index (χ1v) is 12.4. The lowest BCUT2D eigenvalue weighted by molar-refractivity contribution is -0.384. The summed E-state index contributed by atoms with van der Waals surface area (Å²) < 4.78 is 7.48. The summed E-state index contributed by atoms with van der Waals surface area (Å²) >= 11 is 2.27. The molecular weight excluding hydrogens is 533 g/mol. The number of rotatable bonds is 10. The van der Waals surface area contributed by atoms with Gasteiger partial charge in [-0.15, -0.1) is 0 Å². The lowest BCUT2D eigenvalue weighted by Gasteiger charge is -2.37. The van der Waals surface area contributed by atoms with Crippen LogP contribution in [0.4, 0.5) is 5.69 Å². The number of hydrogen-bond donors (Lipinski definition) is 0. The number of allylic oxidation sites excluding steroid dienone is 4. The average Bonchev–Trinajstić information content (AvgIpc) is 2.79. The van der Waals surface area contributed by atoms with Crippen molar-refractivity contribution >= 4 is 40.0 Å². The molecule has 0 fully saturated rings. The van der Waals surface area contributed by atoms with Gasteiger partial charge in [-0.3, -0.25) is 14.9 Å². The van der Waals surface area contributed by atoms with Gasteiger partial charge in [0.2, 0.25) is 0 Å². The maximum atomic E-state index is 12.6. The van der Waals surface area contributed by atoms with Crippen molar-refractivity contribution in [3.63, 3.8) is 0 Å². The minimum Gasteiger partial charge on any atom is -0.457 e. The summed E-state index contributed by atoms with van der Waals surface area (Å²) in [7, 11) is 0. The van der Waals surface area contributed by atoms with Crippen LogP contribution in [0.1, 0.15) is 70.2 Å². The molecule has 0 aliphatic heterocycles. The molecule has 0 bridgehead atoms. The van der Waals surface area contributed by atoms with Crippen molar-refractivity contribution in [2.45, 2.75) is 59.8 Å². The van der Waals surface area contributed by atoms with E-state index in [-0.39, 0.29) is 35.0 Å². The summed E-state index contributed by atoms with van der Waals surface area (Å²) in [6.45, 7) is 8.47. The third kappa shape index (κ3) is 7.91. The second-order valence-corrected chi connectivity index (χ2v) is 9.75. The zero-order valence-electron chi connectivity index (χ0n) is 19.7. The number of carbonyl (C=O) groups is 2. The summed E-state index contributed by atoms with van der Waals surface area (Å²) in [5.41, 5.74) is 3.21. The Morgan fingerprint density at radius 2 is 1.91 bits per heavy atom. The number of nitrogens with zero attached hydrogens (tertiary/aromatic N) is 1. The molecule has 0 amide bonds. The number of carbonyl (C=O) groups excluding carboxylic acids is 2. The summed E-state index contributed by atoms with van der Waals surface area (Å²) in [6, 6.07) is 5.23. The van der Waals surface area contributed by atoms with E-state index in [1.165, 1.54) is 35.4 Å². The molecule has 1 aromatic carbocycles. The number of esters is 1. The van der Waals surface area contributed by atoms with Crippen LogP contribution >= 0.6 is 22.6 Å². The van der Waals surface area contributed by atoms with E-state index in [1.807, 2.05) is 6.08 Å². The fourth-order valence-corrected chi connectivity index (χ4v) is 4.13. The largest absolute Gasteiger partial charge is 0.457 e. The monoisotopic (exact) mass is 565 g/mol. The van der Waals surface area contributed by atoms with Crippen LogP contribution in [0.5, 0.6) is 0 Å². The molecule has 178 valence electrons. The summed E-state index contributed by atoms with van der Waals surface area (Å²) in [4.78, 5) is 35.2. The molecule has 0 heterocycles. The predicted octanol–water partition coefficient (Wildman–Crippen LogP) is 7.14. The highest BCUT2D eigenvalue weighted by molar-refractivity contribution is 14.1. The van der Waals surface area contributed by atoms with E-state index in [4.69, 9.17) is 4.74 Å². The van der Waals surface area contributed by atoms with Crippen molar-refractivity contribution in [1.29, 1.82) is 0 Å². The van der Waals surface area contributed by atoms with E-state index >= 15 is 0 Å². The van der Waals surface area contributed by atoms with Crippen LogP contribution in [0.25, 0.3) is 0 Å². The molecule has 6 nitrogen and oxygen atoms in total. The van der Waals surface area contributed by atoms with Gasteiger partial charge in [-0.05, 0) is 67.1 Å². The Morgan fingerprint density at radius 3 is 2.52 bits per heavy atom. The molecule has 1 aromatic rings. The van der Waals surface area contributed by atoms with Gasteiger partial charge in [0.25, 0.3) is 5.69 Å². The maximum Gasteiger partial charge on any atom is 0.338 e. The zero-order chi connectivity index (χ0) is 24.6. The highest BCUT2D eigenvalue weighted by Crippen LogP contribution is 2.42. The molecule has 0 saturated heterocycles. The van der Waals surface area contributed by atoms with Crippen molar-refractivity contribution in [2.24, 2.45) is 11.3 Å². The van der Waals surface area contributed by atoms with Gasteiger partial charge in [0.15, 0.2) is 5.78 Å². The number of nitro groups is 1. The molecule has 1 aliphatic rings. The maximum absolute atomic E-state index is 12.6. The number of hydrogen-bond acceptors (Lipinski definition) is 5. The third-order valence-electron chi connectivity index (χ3n) is 6.43. The fourth-order valence-electron chi connectivity index (χ4n) is 3.82. The molecule has 0 N–H and O–H groups in total. The summed E-state index contributed by atoms with van der Waals surface area (Å²) in [6.07, 6.45) is 8.68.